The molecule has 2 nitrogen and oxygen atoms in total. The minimum absolute atomic E-state index is 0.481. The van der Waals surface area contributed by atoms with Gasteiger partial charge >= 0.3 is 104 Å². The Kier molecular flexibility index (Phi) is 17.3. The van der Waals surface area contributed by atoms with Crippen LogP contribution in [0, 0.1) is 5.92 Å². The summed E-state index contributed by atoms with van der Waals surface area (Å²) < 4.78 is 11.8. The Labute approximate surface area is 142 Å². The summed E-state index contributed by atoms with van der Waals surface area (Å²) in [5, 5.41) is 0. The topological polar surface area (TPSA) is 18.5 Å². The molecular formula is C18H37LiO2. The Bertz CT molecular complexity index is 198. The summed E-state index contributed by atoms with van der Waals surface area (Å²) in [6.07, 6.45) is 13.1. The Balaban J connectivity index is 3.05. The van der Waals surface area contributed by atoms with Crippen LogP contribution in [0.4, 0.5) is 0 Å². The molecule has 0 aliphatic carbocycles. The van der Waals surface area contributed by atoms with E-state index < -0.39 is 0 Å². The minimum Gasteiger partial charge on any atom is -0.0654 e. The Morgan fingerprint density at radius 1 is 0.810 bits per heavy atom. The summed E-state index contributed by atoms with van der Waals surface area (Å²) in [5.74, 6) is 0.822. The second-order valence-electron chi connectivity index (χ2n) is 6.93. The molecule has 0 heterocycles. The third kappa shape index (κ3) is 18.5. The molecule has 0 radical (unpaired) electrons. The minimum atomic E-state index is 0.481. The van der Waals surface area contributed by atoms with Crippen molar-refractivity contribution >= 4 is 17.7 Å². The Morgan fingerprint density at radius 2 is 1.38 bits per heavy atom. The van der Waals surface area contributed by atoms with Crippen LogP contribution in [0.3, 0.4) is 0 Å². The van der Waals surface area contributed by atoms with Crippen molar-refractivity contribution in [3.63, 3.8) is 0 Å². The van der Waals surface area contributed by atoms with Gasteiger partial charge in [0.15, 0.2) is 0 Å². The van der Waals surface area contributed by atoms with E-state index in [9.17, 15) is 0 Å². The maximum atomic E-state index is 5.53. The average molecular weight is 292 g/mol. The third-order valence-electron chi connectivity index (χ3n) is 3.92. The van der Waals surface area contributed by atoms with E-state index in [1.807, 2.05) is 0 Å². The summed E-state index contributed by atoms with van der Waals surface area (Å²) >= 11 is 2.30. The van der Waals surface area contributed by atoms with E-state index in [1.54, 1.807) is 0 Å². The predicted molar refractivity (Wildman–Crippen MR) is 93.0 cm³/mol. The predicted octanol–water partition coefficient (Wildman–Crippen LogP) is 5.51. The molecule has 0 saturated heterocycles. The number of rotatable bonds is 16. The van der Waals surface area contributed by atoms with Crippen LogP contribution in [0.15, 0.2) is 0 Å². The molecule has 2 unspecified atom stereocenters. The molecule has 0 spiro atoms. The van der Waals surface area contributed by atoms with Crippen LogP contribution in [-0.4, -0.2) is 37.7 Å². The van der Waals surface area contributed by atoms with Crippen molar-refractivity contribution in [2.75, 3.05) is 20.0 Å². The summed E-state index contributed by atoms with van der Waals surface area (Å²) in [4.78, 5) is 0. The van der Waals surface area contributed by atoms with Crippen LogP contribution in [0.25, 0.3) is 0 Å². The van der Waals surface area contributed by atoms with E-state index in [0.29, 0.717) is 6.79 Å². The first-order valence-electron chi connectivity index (χ1n) is 9.32. The first kappa shape index (κ1) is 21.5. The molecule has 0 amide bonds. The van der Waals surface area contributed by atoms with Gasteiger partial charge in [-0.3, -0.25) is 0 Å². The van der Waals surface area contributed by atoms with E-state index >= 15 is 0 Å². The van der Waals surface area contributed by atoms with Gasteiger partial charge in [0.2, 0.25) is 0 Å². The number of ether oxygens (including phenoxy) is 2. The zero-order valence-electron chi connectivity index (χ0n) is 15.2. The summed E-state index contributed by atoms with van der Waals surface area (Å²) in [7, 11) is 0. The van der Waals surface area contributed by atoms with E-state index in [2.05, 4.69) is 38.5 Å². The molecule has 0 aromatic rings. The van der Waals surface area contributed by atoms with Gasteiger partial charge in [-0.2, -0.15) is 0 Å². The molecule has 2 atom stereocenters. The molecular weight excluding hydrogens is 255 g/mol. The second-order valence-corrected chi connectivity index (χ2v) is 6.93. The molecule has 0 aromatic carbocycles. The molecule has 0 aromatic heterocycles. The number of unbranched alkanes of at least 4 members (excludes halogenated alkanes) is 6. The van der Waals surface area contributed by atoms with Crippen LogP contribution in [0.1, 0.15) is 85.0 Å². The summed E-state index contributed by atoms with van der Waals surface area (Å²) in [6, 6.07) is 0. The van der Waals surface area contributed by atoms with Gasteiger partial charge in [0.1, 0.15) is 0 Å². The van der Waals surface area contributed by atoms with Crippen LogP contribution in [-0.2, 0) is 9.47 Å². The normalized spacial score (nSPS) is 14.3. The number of hydrogen-bond donors (Lipinski definition) is 0. The zero-order chi connectivity index (χ0) is 15.8. The van der Waals surface area contributed by atoms with Crippen molar-refractivity contribution < 1.29 is 9.47 Å². The first-order valence-corrected chi connectivity index (χ1v) is 9.32. The number of hydrogen-bond acceptors (Lipinski definition) is 2. The monoisotopic (exact) mass is 292 g/mol. The van der Waals surface area contributed by atoms with Gasteiger partial charge < -0.3 is 0 Å². The maximum absolute atomic E-state index is 5.53. The van der Waals surface area contributed by atoms with Gasteiger partial charge in [0.25, 0.3) is 0 Å². The second kappa shape index (κ2) is 16.9. The van der Waals surface area contributed by atoms with Crippen LogP contribution in [0.2, 0.25) is 4.59 Å². The van der Waals surface area contributed by atoms with Crippen molar-refractivity contribution in [3.8, 4) is 0 Å². The molecule has 21 heavy (non-hydrogen) atoms. The molecule has 0 N–H and O–H groups in total. The standard InChI is InChI=1S/C18H37O2.Li/c1-4-6-7-8-9-10-11-15-19-17-20-16-12-14-18(3)13-5-2;/h5,18H,4,6-17H2,1-3H3;. The fourth-order valence-electron chi connectivity index (χ4n) is 2.79. The Morgan fingerprint density at radius 3 is 2.00 bits per heavy atom. The van der Waals surface area contributed by atoms with Crippen molar-refractivity contribution in [3.05, 3.63) is 0 Å². The molecule has 0 saturated carbocycles. The molecule has 0 bridgehead atoms. The van der Waals surface area contributed by atoms with Gasteiger partial charge in [-0.05, 0) is 0 Å². The smallest absolute Gasteiger partial charge is 0.0654 e. The van der Waals surface area contributed by atoms with Crippen molar-refractivity contribution in [1.82, 2.24) is 0 Å². The van der Waals surface area contributed by atoms with E-state index in [4.69, 9.17) is 9.47 Å². The van der Waals surface area contributed by atoms with Gasteiger partial charge in [-0.25, -0.2) is 0 Å². The van der Waals surface area contributed by atoms with E-state index in [-0.39, 0.29) is 0 Å². The molecule has 3 heteroatoms. The molecule has 0 aliphatic heterocycles. The fourth-order valence-corrected chi connectivity index (χ4v) is 2.79. The quantitative estimate of drug-likeness (QED) is 0.212. The van der Waals surface area contributed by atoms with E-state index in [1.165, 1.54) is 57.8 Å². The zero-order valence-corrected chi connectivity index (χ0v) is 15.2. The summed E-state index contributed by atoms with van der Waals surface area (Å²) in [5.41, 5.74) is 0. The van der Waals surface area contributed by atoms with Gasteiger partial charge in [0.05, 0.1) is 0 Å². The SMILES string of the molecule is [Li][CH](C)CC(C)CCCOCOCCCCCCCCC. The third-order valence-corrected chi connectivity index (χ3v) is 3.92. The van der Waals surface area contributed by atoms with Gasteiger partial charge in [-0.15, -0.1) is 0 Å². The van der Waals surface area contributed by atoms with Crippen molar-refractivity contribution in [1.29, 1.82) is 0 Å². The fraction of sp³-hybridized carbons (Fsp3) is 1.00. The molecule has 122 valence electrons. The van der Waals surface area contributed by atoms with Gasteiger partial charge in [-0.1, -0.05) is 39.0 Å². The molecule has 0 fully saturated rings. The van der Waals surface area contributed by atoms with Crippen LogP contribution >= 0.6 is 0 Å². The van der Waals surface area contributed by atoms with Crippen LogP contribution in [0.5, 0.6) is 0 Å². The van der Waals surface area contributed by atoms with Crippen LogP contribution < -0.4 is 0 Å². The summed E-state index contributed by atoms with van der Waals surface area (Å²) in [6.45, 7) is 9.09. The van der Waals surface area contributed by atoms with Crippen molar-refractivity contribution in [2.45, 2.75) is 89.6 Å². The molecule has 0 aliphatic rings. The molecule has 0 rings (SSSR count). The van der Waals surface area contributed by atoms with Gasteiger partial charge in [0, 0.05) is 0 Å². The Hall–Kier alpha value is 0.517. The first-order chi connectivity index (χ1) is 10.2. The average Bonchev–Trinajstić information content (AvgIpc) is 2.43. The van der Waals surface area contributed by atoms with E-state index in [0.717, 1.165) is 30.1 Å². The van der Waals surface area contributed by atoms with Crippen molar-refractivity contribution in [2.24, 2.45) is 5.92 Å².